The summed E-state index contributed by atoms with van der Waals surface area (Å²) in [5.74, 6) is -1.17. The van der Waals surface area contributed by atoms with Crippen LogP contribution in [0.2, 0.25) is 0 Å². The summed E-state index contributed by atoms with van der Waals surface area (Å²) < 4.78 is 15.6. The van der Waals surface area contributed by atoms with Crippen molar-refractivity contribution in [1.82, 2.24) is 0 Å². The third-order valence-electron chi connectivity index (χ3n) is 2.34. The number of esters is 1. The van der Waals surface area contributed by atoms with E-state index in [9.17, 15) is 9.90 Å². The fourth-order valence-corrected chi connectivity index (χ4v) is 1.91. The molecule has 7 heteroatoms. The fraction of sp³-hybridized carbons (Fsp3) is 0.900. The summed E-state index contributed by atoms with van der Waals surface area (Å²) >= 11 is 3.93. The third kappa shape index (κ3) is 6.22. The molecular formula is C10H18AcO5S. The molecule has 0 amide bonds. The van der Waals surface area contributed by atoms with Gasteiger partial charge in [0, 0.05) is 50.5 Å². The maximum atomic E-state index is 11.1. The zero-order chi connectivity index (χ0) is 12.3. The van der Waals surface area contributed by atoms with Crippen molar-refractivity contribution in [3.05, 3.63) is 0 Å². The zero-order valence-corrected chi connectivity index (χ0v) is 15.9. The van der Waals surface area contributed by atoms with E-state index in [-0.39, 0.29) is 62.6 Å². The van der Waals surface area contributed by atoms with Crippen molar-refractivity contribution in [2.75, 3.05) is 7.11 Å². The molecule has 3 unspecified atom stereocenters. The summed E-state index contributed by atoms with van der Waals surface area (Å²) in [6.45, 7) is 3.47. The van der Waals surface area contributed by atoms with E-state index in [1.807, 2.05) is 0 Å². The number of carbonyl (C=O) groups excluding carboxylic acids is 1. The smallest absolute Gasteiger partial charge is 0.308 e. The Morgan fingerprint density at radius 2 is 2.18 bits per heavy atom. The van der Waals surface area contributed by atoms with Crippen molar-refractivity contribution in [2.24, 2.45) is 0 Å². The number of hydrogen-bond acceptors (Lipinski definition) is 6. The normalized spacial score (nSPS) is 29.0. The van der Waals surface area contributed by atoms with Crippen molar-refractivity contribution in [3.63, 3.8) is 0 Å². The number of thiol groups is 1. The van der Waals surface area contributed by atoms with Crippen LogP contribution in [0, 0.1) is 44.1 Å². The predicted octanol–water partition coefficient (Wildman–Crippen LogP) is 0.708. The standard InChI is InChI=1S/C10H18O5S.Ac/c1-10(2)14-6(5-8(11)13-3)4-7(15-10)9(12)16;/h6-7,9,12,16H,4-5H2,1-3H3;. The summed E-state index contributed by atoms with van der Waals surface area (Å²) in [7, 11) is 1.33. The molecule has 1 saturated heterocycles. The van der Waals surface area contributed by atoms with Gasteiger partial charge < -0.3 is 19.3 Å². The van der Waals surface area contributed by atoms with Crippen LogP contribution in [-0.2, 0) is 19.0 Å². The summed E-state index contributed by atoms with van der Waals surface area (Å²) in [4.78, 5) is 11.1. The third-order valence-corrected chi connectivity index (χ3v) is 2.67. The minimum atomic E-state index is -0.886. The average molecular weight is 477 g/mol. The van der Waals surface area contributed by atoms with E-state index >= 15 is 0 Å². The number of hydrogen-bond donors (Lipinski definition) is 2. The second-order valence-electron chi connectivity index (χ2n) is 4.23. The minimum Gasteiger partial charge on any atom is -0.469 e. The average Bonchev–Trinajstić information content (AvgIpc) is 2.14. The first-order valence-corrected chi connectivity index (χ1v) is 5.64. The van der Waals surface area contributed by atoms with Crippen LogP contribution in [0.15, 0.2) is 0 Å². The van der Waals surface area contributed by atoms with Crippen LogP contribution >= 0.6 is 12.6 Å². The van der Waals surface area contributed by atoms with E-state index in [0.717, 1.165) is 0 Å². The van der Waals surface area contributed by atoms with Gasteiger partial charge in [-0.25, -0.2) is 0 Å². The second-order valence-corrected chi connectivity index (χ2v) is 4.75. The van der Waals surface area contributed by atoms with Crippen molar-refractivity contribution in [1.29, 1.82) is 0 Å². The molecule has 0 aromatic heterocycles. The molecule has 0 bridgehead atoms. The molecule has 97 valence electrons. The predicted molar refractivity (Wildman–Crippen MR) is 60.1 cm³/mol. The number of aliphatic hydroxyl groups is 1. The Labute approximate surface area is 143 Å². The quantitative estimate of drug-likeness (QED) is 0.356. The second kappa shape index (κ2) is 7.66. The maximum absolute atomic E-state index is 11.1. The van der Waals surface area contributed by atoms with Crippen LogP contribution < -0.4 is 0 Å². The molecule has 3 atom stereocenters. The summed E-state index contributed by atoms with van der Waals surface area (Å²) in [6, 6.07) is 0. The van der Waals surface area contributed by atoms with Crippen LogP contribution in [0.1, 0.15) is 26.7 Å². The largest absolute Gasteiger partial charge is 0.469 e. The maximum Gasteiger partial charge on any atom is 0.308 e. The molecule has 1 radical (unpaired) electrons. The van der Waals surface area contributed by atoms with Crippen LogP contribution in [0.5, 0.6) is 0 Å². The number of methoxy groups -OCH3 is 1. The minimum absolute atomic E-state index is 0. The van der Waals surface area contributed by atoms with Crippen LogP contribution in [0.4, 0.5) is 0 Å². The van der Waals surface area contributed by atoms with Gasteiger partial charge in [-0.2, -0.15) is 0 Å². The summed E-state index contributed by atoms with van der Waals surface area (Å²) in [5.41, 5.74) is -0.886. The molecule has 5 nitrogen and oxygen atoms in total. The molecule has 1 N–H and O–H groups in total. The molecule has 1 aliphatic rings. The van der Waals surface area contributed by atoms with Crippen molar-refractivity contribution in [3.8, 4) is 0 Å². The Balaban J connectivity index is 0.00000256. The SMILES string of the molecule is COC(=O)CC1CC(C(O)S)OC(C)(C)O1.[Ac]. The van der Waals surface area contributed by atoms with E-state index in [0.29, 0.717) is 6.42 Å². The van der Waals surface area contributed by atoms with E-state index in [1.54, 1.807) is 13.8 Å². The molecule has 0 aliphatic carbocycles. The van der Waals surface area contributed by atoms with Crippen LogP contribution in [0.25, 0.3) is 0 Å². The number of aliphatic hydroxyl groups excluding tert-OH is 1. The van der Waals surface area contributed by atoms with Crippen molar-refractivity contribution in [2.45, 2.75) is 50.1 Å². The van der Waals surface area contributed by atoms with E-state index in [2.05, 4.69) is 17.4 Å². The van der Waals surface area contributed by atoms with Gasteiger partial charge in [0.25, 0.3) is 0 Å². The van der Waals surface area contributed by atoms with Crippen LogP contribution in [-0.4, -0.2) is 41.6 Å². The molecule has 0 aromatic carbocycles. The van der Waals surface area contributed by atoms with Gasteiger partial charge in [0.2, 0.25) is 0 Å². The first-order chi connectivity index (χ1) is 7.34. The molecule has 1 aliphatic heterocycles. The van der Waals surface area contributed by atoms with E-state index in [4.69, 9.17) is 9.47 Å². The fourth-order valence-electron chi connectivity index (χ4n) is 1.73. The Morgan fingerprint density at radius 1 is 1.59 bits per heavy atom. The Morgan fingerprint density at radius 3 is 2.65 bits per heavy atom. The van der Waals surface area contributed by atoms with Gasteiger partial charge in [-0.1, -0.05) is 0 Å². The first-order valence-electron chi connectivity index (χ1n) is 5.12. The summed E-state index contributed by atoms with van der Waals surface area (Å²) in [5, 5.41) is 9.39. The molecule has 1 heterocycles. The van der Waals surface area contributed by atoms with Crippen LogP contribution in [0.3, 0.4) is 0 Å². The van der Waals surface area contributed by atoms with Gasteiger partial charge in [-0.15, -0.1) is 12.6 Å². The summed E-state index contributed by atoms with van der Waals surface area (Å²) in [6.07, 6.45) is -0.187. The van der Waals surface area contributed by atoms with Gasteiger partial charge >= 0.3 is 5.97 Å². The van der Waals surface area contributed by atoms with Crippen molar-refractivity contribution < 1.29 is 68.2 Å². The van der Waals surface area contributed by atoms with E-state index in [1.165, 1.54) is 7.11 Å². The number of carbonyl (C=O) groups is 1. The number of ether oxygens (including phenoxy) is 3. The van der Waals surface area contributed by atoms with Gasteiger partial charge in [-0.3, -0.25) is 4.79 Å². The van der Waals surface area contributed by atoms with Gasteiger partial charge in [-0.05, 0) is 13.8 Å². The molecule has 17 heavy (non-hydrogen) atoms. The molecule has 0 saturated carbocycles. The number of rotatable bonds is 3. The van der Waals surface area contributed by atoms with Gasteiger partial charge in [0.05, 0.1) is 25.7 Å². The van der Waals surface area contributed by atoms with Gasteiger partial charge in [0.15, 0.2) is 5.79 Å². The Kier molecular flexibility index (Phi) is 8.18. The van der Waals surface area contributed by atoms with Crippen molar-refractivity contribution >= 4 is 18.6 Å². The molecular weight excluding hydrogens is 459 g/mol. The molecule has 0 aromatic rings. The Bertz CT molecular complexity index is 259. The Hall–Kier alpha value is 1.14. The molecule has 1 fully saturated rings. The van der Waals surface area contributed by atoms with E-state index < -0.39 is 17.3 Å². The van der Waals surface area contributed by atoms with Gasteiger partial charge in [0.1, 0.15) is 5.44 Å². The monoisotopic (exact) mass is 477 g/mol. The molecule has 0 spiro atoms. The molecule has 1 rings (SSSR count). The first kappa shape index (κ1) is 18.1. The topological polar surface area (TPSA) is 65.0 Å². The zero-order valence-electron chi connectivity index (χ0n) is 10.3.